The van der Waals surface area contributed by atoms with Crippen molar-refractivity contribution in [3.8, 4) is 0 Å². The second-order valence-electron chi connectivity index (χ2n) is 3.09. The SMILES string of the molecule is CCCCCC/C(C)=C/NC=O. The first-order chi connectivity index (χ1) is 5.81. The Morgan fingerprint density at radius 2 is 2.08 bits per heavy atom. The van der Waals surface area contributed by atoms with Crippen LogP contribution in [-0.2, 0) is 4.79 Å². The summed E-state index contributed by atoms with van der Waals surface area (Å²) in [6.45, 7) is 4.25. The molecular formula is C10H19NO. The number of amides is 1. The maximum absolute atomic E-state index is 9.93. The highest BCUT2D eigenvalue weighted by Crippen LogP contribution is 2.08. The summed E-state index contributed by atoms with van der Waals surface area (Å²) in [5.74, 6) is 0. The molecule has 0 unspecified atom stereocenters. The van der Waals surface area contributed by atoms with Gasteiger partial charge >= 0.3 is 0 Å². The lowest BCUT2D eigenvalue weighted by Gasteiger charge is -1.99. The van der Waals surface area contributed by atoms with Crippen LogP contribution in [0.15, 0.2) is 11.8 Å². The molecule has 0 heterocycles. The summed E-state index contributed by atoms with van der Waals surface area (Å²) in [6, 6.07) is 0. The van der Waals surface area contributed by atoms with Crippen LogP contribution in [0.4, 0.5) is 0 Å². The van der Waals surface area contributed by atoms with Crippen molar-refractivity contribution >= 4 is 6.41 Å². The van der Waals surface area contributed by atoms with Gasteiger partial charge in [-0.1, -0.05) is 31.8 Å². The fourth-order valence-electron chi connectivity index (χ4n) is 1.08. The van der Waals surface area contributed by atoms with Crippen molar-refractivity contribution < 1.29 is 4.79 Å². The molecule has 0 aliphatic heterocycles. The molecule has 0 saturated heterocycles. The molecule has 1 amide bonds. The summed E-state index contributed by atoms with van der Waals surface area (Å²) in [4.78, 5) is 9.93. The van der Waals surface area contributed by atoms with Crippen LogP contribution in [-0.4, -0.2) is 6.41 Å². The third-order valence-electron chi connectivity index (χ3n) is 1.82. The lowest BCUT2D eigenvalue weighted by atomic mass is 10.1. The average Bonchev–Trinajstić information content (AvgIpc) is 2.09. The van der Waals surface area contributed by atoms with E-state index < -0.39 is 0 Å². The van der Waals surface area contributed by atoms with Crippen molar-refractivity contribution in [2.24, 2.45) is 0 Å². The molecule has 0 aromatic rings. The van der Waals surface area contributed by atoms with Gasteiger partial charge in [-0.25, -0.2) is 0 Å². The van der Waals surface area contributed by atoms with Gasteiger partial charge in [0.25, 0.3) is 0 Å². The molecular weight excluding hydrogens is 150 g/mol. The molecule has 2 heteroatoms. The van der Waals surface area contributed by atoms with E-state index in [1.807, 2.05) is 6.92 Å². The maximum atomic E-state index is 9.93. The van der Waals surface area contributed by atoms with E-state index in [0.717, 1.165) is 6.42 Å². The maximum Gasteiger partial charge on any atom is 0.211 e. The van der Waals surface area contributed by atoms with Gasteiger partial charge in [-0.05, 0) is 19.8 Å². The highest BCUT2D eigenvalue weighted by Gasteiger charge is 1.90. The fourth-order valence-corrected chi connectivity index (χ4v) is 1.08. The quantitative estimate of drug-likeness (QED) is 0.460. The largest absolute Gasteiger partial charge is 0.335 e. The molecule has 70 valence electrons. The zero-order valence-electron chi connectivity index (χ0n) is 8.10. The summed E-state index contributed by atoms with van der Waals surface area (Å²) >= 11 is 0. The minimum Gasteiger partial charge on any atom is -0.335 e. The molecule has 0 aromatic heterocycles. The Hall–Kier alpha value is -0.790. The predicted octanol–water partition coefficient (Wildman–Crippen LogP) is 2.61. The summed E-state index contributed by atoms with van der Waals surface area (Å²) in [5.41, 5.74) is 1.25. The Morgan fingerprint density at radius 1 is 1.33 bits per heavy atom. The van der Waals surface area contributed by atoms with Gasteiger partial charge < -0.3 is 5.32 Å². The molecule has 2 nitrogen and oxygen atoms in total. The van der Waals surface area contributed by atoms with Gasteiger partial charge in [-0.2, -0.15) is 0 Å². The van der Waals surface area contributed by atoms with Crippen molar-refractivity contribution in [1.82, 2.24) is 5.32 Å². The summed E-state index contributed by atoms with van der Waals surface area (Å²) in [6.07, 6.45) is 8.69. The summed E-state index contributed by atoms with van der Waals surface area (Å²) in [5, 5.41) is 2.55. The van der Waals surface area contributed by atoms with Crippen molar-refractivity contribution in [2.45, 2.75) is 46.0 Å². The number of allylic oxidation sites excluding steroid dienone is 1. The number of hydrogen-bond acceptors (Lipinski definition) is 1. The van der Waals surface area contributed by atoms with Gasteiger partial charge in [-0.15, -0.1) is 0 Å². The van der Waals surface area contributed by atoms with Crippen LogP contribution in [0.25, 0.3) is 0 Å². The van der Waals surface area contributed by atoms with Crippen LogP contribution in [0.1, 0.15) is 46.0 Å². The van der Waals surface area contributed by atoms with Gasteiger partial charge in [0.15, 0.2) is 0 Å². The normalized spacial score (nSPS) is 11.3. The van der Waals surface area contributed by atoms with Crippen molar-refractivity contribution in [3.05, 3.63) is 11.8 Å². The molecule has 0 saturated carbocycles. The number of unbranched alkanes of at least 4 members (excludes halogenated alkanes) is 3. The van der Waals surface area contributed by atoms with E-state index in [-0.39, 0.29) is 0 Å². The van der Waals surface area contributed by atoms with E-state index in [9.17, 15) is 4.79 Å². The molecule has 0 fully saturated rings. The average molecular weight is 169 g/mol. The van der Waals surface area contributed by atoms with E-state index in [2.05, 4.69) is 12.2 Å². The molecule has 1 N–H and O–H groups in total. The van der Waals surface area contributed by atoms with Gasteiger partial charge in [0, 0.05) is 6.20 Å². The number of carbonyl (C=O) groups is 1. The first kappa shape index (κ1) is 11.2. The van der Waals surface area contributed by atoms with Gasteiger partial charge in [-0.3, -0.25) is 4.79 Å². The van der Waals surface area contributed by atoms with Crippen LogP contribution in [0.3, 0.4) is 0 Å². The molecule has 12 heavy (non-hydrogen) atoms. The minimum absolute atomic E-state index is 0.704. The summed E-state index contributed by atoms with van der Waals surface area (Å²) < 4.78 is 0. The molecule has 0 aliphatic rings. The Balaban J connectivity index is 3.29. The number of carbonyl (C=O) groups excluding carboxylic acids is 1. The Kier molecular flexibility index (Phi) is 7.76. The van der Waals surface area contributed by atoms with E-state index in [0.29, 0.717) is 6.41 Å². The molecule has 0 spiro atoms. The second kappa shape index (κ2) is 8.31. The molecule has 0 rings (SSSR count). The topological polar surface area (TPSA) is 29.1 Å². The molecule has 0 bridgehead atoms. The Labute approximate surface area is 75.0 Å². The number of hydrogen-bond donors (Lipinski definition) is 1. The van der Waals surface area contributed by atoms with Gasteiger partial charge in [0.2, 0.25) is 6.41 Å². The zero-order chi connectivity index (χ0) is 9.23. The number of rotatable bonds is 7. The van der Waals surface area contributed by atoms with Crippen molar-refractivity contribution in [2.75, 3.05) is 0 Å². The third-order valence-corrected chi connectivity index (χ3v) is 1.82. The minimum atomic E-state index is 0.704. The van der Waals surface area contributed by atoms with E-state index in [1.165, 1.54) is 31.3 Å². The second-order valence-corrected chi connectivity index (χ2v) is 3.09. The van der Waals surface area contributed by atoms with E-state index in [1.54, 1.807) is 6.20 Å². The monoisotopic (exact) mass is 169 g/mol. The highest BCUT2D eigenvalue weighted by molar-refractivity contribution is 5.48. The third kappa shape index (κ3) is 7.32. The predicted molar refractivity (Wildman–Crippen MR) is 51.7 cm³/mol. The standard InChI is InChI=1S/C10H19NO/c1-3-4-5-6-7-10(2)8-11-9-12/h8-9H,3-7H2,1-2H3,(H,11,12)/b10-8+. The lowest BCUT2D eigenvalue weighted by Crippen LogP contribution is -2.00. The number of nitrogens with one attached hydrogen (secondary N) is 1. The first-order valence-corrected chi connectivity index (χ1v) is 4.66. The zero-order valence-corrected chi connectivity index (χ0v) is 8.10. The smallest absolute Gasteiger partial charge is 0.211 e. The van der Waals surface area contributed by atoms with Crippen LogP contribution < -0.4 is 5.32 Å². The Morgan fingerprint density at radius 3 is 2.67 bits per heavy atom. The van der Waals surface area contributed by atoms with Crippen LogP contribution in [0.5, 0.6) is 0 Å². The fraction of sp³-hybridized carbons (Fsp3) is 0.700. The van der Waals surface area contributed by atoms with Crippen molar-refractivity contribution in [3.63, 3.8) is 0 Å². The van der Waals surface area contributed by atoms with Crippen LogP contribution in [0, 0.1) is 0 Å². The van der Waals surface area contributed by atoms with E-state index in [4.69, 9.17) is 0 Å². The Bertz CT molecular complexity index is 141. The molecule has 0 atom stereocenters. The van der Waals surface area contributed by atoms with Crippen LogP contribution in [0.2, 0.25) is 0 Å². The van der Waals surface area contributed by atoms with Crippen LogP contribution >= 0.6 is 0 Å². The first-order valence-electron chi connectivity index (χ1n) is 4.66. The summed E-state index contributed by atoms with van der Waals surface area (Å²) in [7, 11) is 0. The molecule has 0 aliphatic carbocycles. The van der Waals surface area contributed by atoms with Gasteiger partial charge in [0.05, 0.1) is 0 Å². The molecule has 0 radical (unpaired) electrons. The highest BCUT2D eigenvalue weighted by atomic mass is 16.1. The molecule has 0 aromatic carbocycles. The van der Waals surface area contributed by atoms with E-state index >= 15 is 0 Å². The van der Waals surface area contributed by atoms with Crippen molar-refractivity contribution in [1.29, 1.82) is 0 Å². The lowest BCUT2D eigenvalue weighted by molar-refractivity contribution is -0.108. The van der Waals surface area contributed by atoms with Gasteiger partial charge in [0.1, 0.15) is 0 Å².